The average molecular weight is 160 g/mol. The minimum absolute atomic E-state index is 0.326. The van der Waals surface area contributed by atoms with Crippen LogP contribution < -0.4 is 5.32 Å². The lowest BCUT2D eigenvalue weighted by Gasteiger charge is -2.14. The summed E-state index contributed by atoms with van der Waals surface area (Å²) in [6.45, 7) is 3.88. The van der Waals surface area contributed by atoms with Crippen LogP contribution in [0.5, 0.6) is 0 Å². The van der Waals surface area contributed by atoms with Crippen molar-refractivity contribution >= 4 is 23.3 Å². The number of nitrogens with zero attached hydrogens (tertiary/aromatic N) is 2. The van der Waals surface area contributed by atoms with Gasteiger partial charge in [-0.15, -0.1) is 0 Å². The number of nitrogens with one attached hydrogen (secondary N) is 1. The van der Waals surface area contributed by atoms with E-state index in [-0.39, 0.29) is 5.62 Å². The molecule has 1 N–H and O–H groups in total. The van der Waals surface area contributed by atoms with Gasteiger partial charge in [-0.05, 0) is 6.92 Å². The topological polar surface area (TPSA) is 36.8 Å². The molecule has 3 nitrogen and oxygen atoms in total. The second-order valence-electron chi connectivity index (χ2n) is 2.08. The maximum atomic E-state index is 5.71. The Morgan fingerprint density at radius 1 is 1.70 bits per heavy atom. The monoisotopic (exact) mass is 159 g/mol. The van der Waals surface area contributed by atoms with Crippen LogP contribution in [0.25, 0.3) is 0 Å². The predicted octanol–water partition coefficient (Wildman–Crippen LogP) is 1.34. The van der Waals surface area contributed by atoms with E-state index in [1.54, 1.807) is 0 Å². The van der Waals surface area contributed by atoms with E-state index in [1.807, 2.05) is 13.8 Å². The summed E-state index contributed by atoms with van der Waals surface area (Å²) in [5.74, 6) is 1.66. The summed E-state index contributed by atoms with van der Waals surface area (Å²) in [7, 11) is 0. The second kappa shape index (κ2) is 3.01. The predicted molar refractivity (Wildman–Crippen MR) is 43.6 cm³/mol. The van der Waals surface area contributed by atoms with Crippen molar-refractivity contribution in [1.29, 1.82) is 0 Å². The standard InChI is InChI=1S/C6H10ClN3/c1-3-5-8-4(2)9-6(7)10-5/h6H,3H2,1-2H3,(H,8,9,10). The molecule has 1 rings (SSSR count). The van der Waals surface area contributed by atoms with Gasteiger partial charge in [-0.3, -0.25) is 0 Å². The molecule has 1 aliphatic rings. The van der Waals surface area contributed by atoms with E-state index in [9.17, 15) is 0 Å². The average Bonchev–Trinajstić information content (AvgIpc) is 1.85. The minimum atomic E-state index is -0.326. The normalized spacial score (nSPS) is 24.9. The summed E-state index contributed by atoms with van der Waals surface area (Å²) in [4.78, 5) is 8.16. The summed E-state index contributed by atoms with van der Waals surface area (Å²) in [6, 6.07) is 0. The zero-order valence-electron chi connectivity index (χ0n) is 6.06. The van der Waals surface area contributed by atoms with Gasteiger partial charge in [0.1, 0.15) is 11.7 Å². The molecule has 0 aromatic heterocycles. The Labute approximate surface area is 65.2 Å². The lowest BCUT2D eigenvalue weighted by Crippen LogP contribution is -2.32. The van der Waals surface area contributed by atoms with Crippen molar-refractivity contribution < 1.29 is 0 Å². The third-order valence-electron chi connectivity index (χ3n) is 1.20. The molecule has 56 valence electrons. The molecule has 0 amide bonds. The Morgan fingerprint density at radius 2 is 2.40 bits per heavy atom. The number of aliphatic imine (C=N–C) groups is 2. The third kappa shape index (κ3) is 1.70. The molecule has 0 saturated heterocycles. The number of hydrogen-bond acceptors (Lipinski definition) is 3. The molecule has 0 saturated carbocycles. The quantitative estimate of drug-likeness (QED) is 0.455. The van der Waals surface area contributed by atoms with E-state index in [0.29, 0.717) is 0 Å². The molecule has 4 heteroatoms. The molecule has 0 bridgehead atoms. The van der Waals surface area contributed by atoms with Gasteiger partial charge in [0.05, 0.1) is 0 Å². The van der Waals surface area contributed by atoms with Gasteiger partial charge in [-0.25, -0.2) is 9.98 Å². The molecule has 0 aliphatic carbocycles. The van der Waals surface area contributed by atoms with Crippen molar-refractivity contribution in [3.63, 3.8) is 0 Å². The van der Waals surface area contributed by atoms with Gasteiger partial charge in [0.25, 0.3) is 0 Å². The number of alkyl halides is 1. The molecule has 0 fully saturated rings. The van der Waals surface area contributed by atoms with Gasteiger partial charge < -0.3 is 5.32 Å². The Bertz CT molecular complexity index is 185. The smallest absolute Gasteiger partial charge is 0.198 e. The number of halogens is 1. The first-order chi connectivity index (χ1) is 4.72. The summed E-state index contributed by atoms with van der Waals surface area (Å²) < 4.78 is 0. The highest BCUT2D eigenvalue weighted by Gasteiger charge is 2.08. The van der Waals surface area contributed by atoms with Crippen molar-refractivity contribution in [2.75, 3.05) is 0 Å². The molecule has 0 aromatic rings. The Kier molecular flexibility index (Phi) is 2.27. The fourth-order valence-corrected chi connectivity index (χ4v) is 1.03. The van der Waals surface area contributed by atoms with Crippen LogP contribution in [0.2, 0.25) is 0 Å². The summed E-state index contributed by atoms with van der Waals surface area (Å²) in [6.07, 6.45) is 0.836. The largest absolute Gasteiger partial charge is 0.340 e. The van der Waals surface area contributed by atoms with Crippen molar-refractivity contribution in [2.24, 2.45) is 9.98 Å². The van der Waals surface area contributed by atoms with E-state index < -0.39 is 0 Å². The van der Waals surface area contributed by atoms with Crippen LogP contribution in [0.15, 0.2) is 9.98 Å². The Balaban J connectivity index is 2.72. The summed E-state index contributed by atoms with van der Waals surface area (Å²) >= 11 is 5.71. The zero-order valence-corrected chi connectivity index (χ0v) is 6.81. The van der Waals surface area contributed by atoms with E-state index in [2.05, 4.69) is 15.3 Å². The van der Waals surface area contributed by atoms with Gasteiger partial charge in [0.15, 0.2) is 5.62 Å². The first kappa shape index (κ1) is 7.54. The fraction of sp³-hybridized carbons (Fsp3) is 0.667. The molecule has 0 aromatic carbocycles. The SMILES string of the molecule is CCC1=NC(Cl)NC(C)=N1. The van der Waals surface area contributed by atoms with Crippen molar-refractivity contribution in [3.8, 4) is 0 Å². The second-order valence-corrected chi connectivity index (χ2v) is 2.49. The lowest BCUT2D eigenvalue weighted by molar-refractivity contribution is 0.819. The van der Waals surface area contributed by atoms with E-state index in [0.717, 1.165) is 18.1 Å². The molecular formula is C6H10ClN3. The Morgan fingerprint density at radius 3 is 2.90 bits per heavy atom. The van der Waals surface area contributed by atoms with Crippen LogP contribution >= 0.6 is 11.6 Å². The molecule has 1 atom stereocenters. The summed E-state index contributed by atoms with van der Waals surface area (Å²) in [5, 5.41) is 2.87. The highest BCUT2D eigenvalue weighted by Crippen LogP contribution is 2.02. The molecule has 1 unspecified atom stereocenters. The van der Waals surface area contributed by atoms with Crippen LogP contribution in [-0.2, 0) is 0 Å². The van der Waals surface area contributed by atoms with Gasteiger partial charge >= 0.3 is 0 Å². The van der Waals surface area contributed by atoms with Crippen LogP contribution in [0.4, 0.5) is 0 Å². The Hall–Kier alpha value is -0.570. The van der Waals surface area contributed by atoms with Gasteiger partial charge in [0.2, 0.25) is 0 Å². The molecular weight excluding hydrogens is 150 g/mol. The maximum absolute atomic E-state index is 5.71. The van der Waals surface area contributed by atoms with Crippen molar-refractivity contribution in [2.45, 2.75) is 25.9 Å². The number of rotatable bonds is 1. The van der Waals surface area contributed by atoms with E-state index in [1.165, 1.54) is 0 Å². The first-order valence-electron chi connectivity index (χ1n) is 3.25. The first-order valence-corrected chi connectivity index (χ1v) is 3.68. The fourth-order valence-electron chi connectivity index (χ4n) is 0.761. The minimum Gasteiger partial charge on any atom is -0.340 e. The molecule has 1 heterocycles. The van der Waals surface area contributed by atoms with Gasteiger partial charge in [0, 0.05) is 6.42 Å². The molecule has 0 radical (unpaired) electrons. The zero-order chi connectivity index (χ0) is 7.56. The van der Waals surface area contributed by atoms with Crippen LogP contribution in [0, 0.1) is 0 Å². The van der Waals surface area contributed by atoms with E-state index in [4.69, 9.17) is 11.6 Å². The summed E-state index contributed by atoms with van der Waals surface area (Å²) in [5.41, 5.74) is -0.326. The number of hydrogen-bond donors (Lipinski definition) is 1. The van der Waals surface area contributed by atoms with Gasteiger partial charge in [-0.2, -0.15) is 0 Å². The lowest BCUT2D eigenvalue weighted by atomic mass is 10.4. The van der Waals surface area contributed by atoms with Crippen LogP contribution in [0.1, 0.15) is 20.3 Å². The van der Waals surface area contributed by atoms with Crippen LogP contribution in [-0.4, -0.2) is 17.3 Å². The molecule has 10 heavy (non-hydrogen) atoms. The number of amidine groups is 2. The third-order valence-corrected chi connectivity index (χ3v) is 1.41. The van der Waals surface area contributed by atoms with Crippen molar-refractivity contribution in [3.05, 3.63) is 0 Å². The van der Waals surface area contributed by atoms with E-state index >= 15 is 0 Å². The molecule has 0 spiro atoms. The molecule has 1 aliphatic heterocycles. The highest BCUT2D eigenvalue weighted by atomic mass is 35.5. The van der Waals surface area contributed by atoms with Crippen molar-refractivity contribution in [1.82, 2.24) is 5.32 Å². The van der Waals surface area contributed by atoms with Gasteiger partial charge in [-0.1, -0.05) is 18.5 Å². The van der Waals surface area contributed by atoms with Crippen LogP contribution in [0.3, 0.4) is 0 Å². The maximum Gasteiger partial charge on any atom is 0.198 e. The highest BCUT2D eigenvalue weighted by molar-refractivity contribution is 6.22.